The number of ketones is 2. The van der Waals surface area contributed by atoms with Crippen molar-refractivity contribution < 1.29 is 52.5 Å². The second-order valence-corrected chi connectivity index (χ2v) is 21.2. The molecule has 0 spiro atoms. The van der Waals surface area contributed by atoms with Crippen LogP contribution in [0.1, 0.15) is 85.5 Å². The first-order chi connectivity index (χ1) is 22.5. The van der Waals surface area contributed by atoms with Crippen LogP contribution in [0.25, 0.3) is 0 Å². The van der Waals surface area contributed by atoms with Gasteiger partial charge in [0.2, 0.25) is 0 Å². The van der Waals surface area contributed by atoms with Crippen LogP contribution >= 0.6 is 0 Å². The van der Waals surface area contributed by atoms with E-state index < -0.39 is 96.6 Å². The maximum Gasteiger partial charge on any atom is 0.338 e. The minimum Gasteiger partial charge on any atom is -0.455 e. The normalized spacial score (nSPS) is 35.6. The highest BCUT2D eigenvalue weighted by Gasteiger charge is 2.79. The fourth-order valence-electron chi connectivity index (χ4n) is 8.40. The van der Waals surface area contributed by atoms with Crippen molar-refractivity contribution in [2.24, 2.45) is 16.7 Å². The van der Waals surface area contributed by atoms with Gasteiger partial charge in [-0.1, -0.05) is 52.8 Å². The standard InChI is InChI=1S/C37H50O11Si/c1-20-24(40)18-37(43)31(46-32(42)23-15-13-12-14-16-23)29-35(9,30(41)28(45-21(2)38)27(20)34(37,7)8)25(48-49(10,11)33(4,5)6)17-26-36(29,19-44-26)47-22(3)39/h12-16,25-26,28-29,31,43H,17-19H2,1-11H3/t25-,26+,28+,29-,31-,35+,36-,37+/m0/s1. The van der Waals surface area contributed by atoms with Gasteiger partial charge in [0.25, 0.3) is 0 Å². The molecule has 8 atom stereocenters. The number of carbonyl (C=O) groups is 5. The molecule has 2 saturated carbocycles. The van der Waals surface area contributed by atoms with Crippen LogP contribution in [0.5, 0.6) is 0 Å². The first-order valence-corrected chi connectivity index (χ1v) is 19.8. The van der Waals surface area contributed by atoms with Crippen molar-refractivity contribution in [2.45, 2.75) is 129 Å². The fraction of sp³-hybridized carbons (Fsp3) is 0.649. The summed E-state index contributed by atoms with van der Waals surface area (Å²) >= 11 is 0. The molecule has 3 fully saturated rings. The summed E-state index contributed by atoms with van der Waals surface area (Å²) in [6, 6.07) is 8.19. The Bertz CT molecular complexity index is 1610. The average Bonchev–Trinajstić information content (AvgIpc) is 2.97. The highest BCUT2D eigenvalue weighted by Crippen LogP contribution is 2.65. The molecule has 1 saturated heterocycles. The Balaban J connectivity index is 1.89. The van der Waals surface area contributed by atoms with Gasteiger partial charge in [0.05, 0.1) is 29.6 Å². The number of hydrogen-bond donors (Lipinski definition) is 1. The predicted octanol–water partition coefficient (Wildman–Crippen LogP) is 4.89. The number of esters is 3. The molecule has 12 heteroatoms. The molecule has 0 amide bonds. The van der Waals surface area contributed by atoms with Crippen LogP contribution in [0.15, 0.2) is 41.5 Å². The average molecular weight is 699 g/mol. The van der Waals surface area contributed by atoms with Gasteiger partial charge in [-0.15, -0.1) is 0 Å². The molecule has 11 nitrogen and oxygen atoms in total. The molecule has 5 rings (SSSR count). The first-order valence-electron chi connectivity index (χ1n) is 16.9. The lowest BCUT2D eigenvalue weighted by Gasteiger charge is -2.68. The number of fused-ring (bicyclic) bond motifs is 5. The number of ether oxygens (including phenoxy) is 4. The van der Waals surface area contributed by atoms with Crippen molar-refractivity contribution in [3.8, 4) is 0 Å². The Kier molecular flexibility index (Phi) is 9.05. The van der Waals surface area contributed by atoms with E-state index in [0.717, 1.165) is 0 Å². The van der Waals surface area contributed by atoms with Gasteiger partial charge < -0.3 is 28.5 Å². The first kappa shape index (κ1) is 37.1. The summed E-state index contributed by atoms with van der Waals surface area (Å²) in [4.78, 5) is 69.3. The molecule has 0 radical (unpaired) electrons. The van der Waals surface area contributed by atoms with Gasteiger partial charge in [0.15, 0.2) is 31.6 Å². The Morgan fingerprint density at radius 2 is 1.59 bits per heavy atom. The molecule has 0 aromatic heterocycles. The fourth-order valence-corrected chi connectivity index (χ4v) is 9.81. The molecule has 2 bridgehead atoms. The number of allylic oxidation sites excluding steroid dienone is 1. The van der Waals surface area contributed by atoms with Crippen LogP contribution in [0.2, 0.25) is 18.1 Å². The molecule has 3 aliphatic carbocycles. The summed E-state index contributed by atoms with van der Waals surface area (Å²) in [7, 11) is -2.68. The van der Waals surface area contributed by atoms with E-state index in [1.807, 2.05) is 13.1 Å². The van der Waals surface area contributed by atoms with Gasteiger partial charge >= 0.3 is 17.9 Å². The van der Waals surface area contributed by atoms with Gasteiger partial charge in [-0.25, -0.2) is 4.79 Å². The summed E-state index contributed by atoms with van der Waals surface area (Å²) < 4.78 is 31.6. The summed E-state index contributed by atoms with van der Waals surface area (Å²) in [6.45, 7) is 19.0. The third-order valence-electron chi connectivity index (χ3n) is 12.2. The zero-order valence-electron chi connectivity index (χ0n) is 30.4. The molecule has 1 aliphatic heterocycles. The van der Waals surface area contributed by atoms with Crippen LogP contribution in [0.3, 0.4) is 0 Å². The number of hydrogen-bond acceptors (Lipinski definition) is 11. The maximum absolute atomic E-state index is 15.6. The zero-order valence-corrected chi connectivity index (χ0v) is 31.4. The van der Waals surface area contributed by atoms with Gasteiger partial charge in [-0.05, 0) is 55.3 Å². The van der Waals surface area contributed by atoms with E-state index in [2.05, 4.69) is 20.8 Å². The monoisotopic (exact) mass is 698 g/mol. The predicted molar refractivity (Wildman–Crippen MR) is 180 cm³/mol. The molecule has 0 unspecified atom stereocenters. The maximum atomic E-state index is 15.6. The highest BCUT2D eigenvalue weighted by molar-refractivity contribution is 6.74. The number of Topliss-reactive ketones (excluding diaryl/α,β-unsaturated/α-hetero) is 2. The molecule has 1 aromatic carbocycles. The topological polar surface area (TPSA) is 152 Å². The van der Waals surface area contributed by atoms with Crippen molar-refractivity contribution in [1.29, 1.82) is 0 Å². The van der Waals surface area contributed by atoms with Crippen LogP contribution in [-0.2, 0) is 42.6 Å². The Morgan fingerprint density at radius 1 is 0.980 bits per heavy atom. The second kappa shape index (κ2) is 12.0. The van der Waals surface area contributed by atoms with Crippen molar-refractivity contribution in [1.82, 2.24) is 0 Å². The van der Waals surface area contributed by atoms with Crippen LogP contribution in [-0.4, -0.2) is 85.1 Å². The third kappa shape index (κ3) is 5.53. The summed E-state index contributed by atoms with van der Waals surface area (Å²) in [5, 5.41) is 12.9. The Hall–Kier alpha value is -3.19. The lowest BCUT2D eigenvalue weighted by molar-refractivity contribution is -0.343. The molecular weight excluding hydrogens is 648 g/mol. The molecule has 268 valence electrons. The van der Waals surface area contributed by atoms with Crippen molar-refractivity contribution in [3.63, 3.8) is 0 Å². The molecule has 4 aliphatic rings. The van der Waals surface area contributed by atoms with Gasteiger partial charge in [-0.3, -0.25) is 19.2 Å². The lowest BCUT2D eigenvalue weighted by atomic mass is 9.44. The number of benzene rings is 1. The van der Waals surface area contributed by atoms with Crippen LogP contribution in [0, 0.1) is 16.7 Å². The van der Waals surface area contributed by atoms with Crippen LogP contribution < -0.4 is 0 Å². The van der Waals surface area contributed by atoms with E-state index in [1.54, 1.807) is 58.0 Å². The molecule has 1 N–H and O–H groups in total. The summed E-state index contributed by atoms with van der Waals surface area (Å²) in [5.41, 5.74) is -6.46. The van der Waals surface area contributed by atoms with E-state index >= 15 is 4.79 Å². The number of rotatable bonds is 6. The Labute approximate surface area is 289 Å². The minimum absolute atomic E-state index is 0.128. The third-order valence-corrected chi connectivity index (χ3v) is 16.7. The minimum atomic E-state index is -2.68. The van der Waals surface area contributed by atoms with Crippen molar-refractivity contribution in [3.05, 3.63) is 47.0 Å². The molecule has 1 aromatic rings. The summed E-state index contributed by atoms with van der Waals surface area (Å²) in [5.74, 6) is -4.64. The Morgan fingerprint density at radius 3 is 2.10 bits per heavy atom. The number of aliphatic hydroxyl groups is 1. The van der Waals surface area contributed by atoms with Crippen LogP contribution in [0.4, 0.5) is 0 Å². The van der Waals surface area contributed by atoms with Gasteiger partial charge in [0, 0.05) is 32.1 Å². The van der Waals surface area contributed by atoms with Crippen molar-refractivity contribution >= 4 is 37.8 Å². The van der Waals surface area contributed by atoms with Crippen molar-refractivity contribution in [2.75, 3.05) is 6.61 Å². The molecule has 49 heavy (non-hydrogen) atoms. The zero-order chi connectivity index (χ0) is 36.7. The molecule has 1 heterocycles. The highest BCUT2D eigenvalue weighted by atomic mass is 28.4. The van der Waals surface area contributed by atoms with E-state index in [9.17, 15) is 24.3 Å². The van der Waals surface area contributed by atoms with Gasteiger partial charge in [0.1, 0.15) is 17.8 Å². The quantitative estimate of drug-likeness (QED) is 0.246. The molecular formula is C37H50O11Si. The smallest absolute Gasteiger partial charge is 0.338 e. The number of carbonyl (C=O) groups excluding carboxylic acids is 5. The van der Waals surface area contributed by atoms with E-state index in [-0.39, 0.29) is 34.8 Å². The second-order valence-electron chi connectivity index (χ2n) is 16.4. The van der Waals surface area contributed by atoms with E-state index in [4.69, 9.17) is 23.4 Å². The van der Waals surface area contributed by atoms with Gasteiger partial charge in [-0.2, -0.15) is 0 Å². The SMILES string of the molecule is CC(=O)O[C@H]1C(=O)[C@]2(C)[C@@H](O[Si](C)(C)C(C)(C)C)C[C@H]3OC[C@@]3(OC(C)=O)[C@H]2[C@H](OC(=O)c2ccccc2)[C@]2(O)CC(=O)C(C)=C1C2(C)C. The lowest BCUT2D eigenvalue weighted by Crippen LogP contribution is -2.82. The summed E-state index contributed by atoms with van der Waals surface area (Å²) in [6.07, 6.45) is -5.28. The van der Waals surface area contributed by atoms with E-state index in [0.29, 0.717) is 0 Å². The van der Waals surface area contributed by atoms with E-state index in [1.165, 1.54) is 13.8 Å². The largest absolute Gasteiger partial charge is 0.455 e.